The van der Waals surface area contributed by atoms with Crippen LogP contribution < -0.4 is 0 Å². The molecule has 0 heterocycles. The van der Waals surface area contributed by atoms with E-state index in [1.165, 1.54) is 193 Å². The van der Waals surface area contributed by atoms with Crippen LogP contribution in [0.2, 0.25) is 0 Å². The Labute approximate surface area is 392 Å². The molecule has 370 valence electrons. The van der Waals surface area contributed by atoms with Crippen molar-refractivity contribution >= 4 is 17.9 Å². The Bertz CT molecular complexity index is 1020. The van der Waals surface area contributed by atoms with Crippen LogP contribution in [-0.4, -0.2) is 37.2 Å². The van der Waals surface area contributed by atoms with Crippen LogP contribution in [0.4, 0.5) is 0 Å². The second-order valence-corrected chi connectivity index (χ2v) is 18.8. The predicted molar refractivity (Wildman–Crippen MR) is 270 cm³/mol. The molecular weight excluding hydrogens is 781 g/mol. The minimum absolute atomic E-state index is 0.0730. The Morgan fingerprint density at radius 2 is 0.524 bits per heavy atom. The molecule has 0 saturated carbocycles. The number of ether oxygens (including phenoxy) is 3. The standard InChI is InChI=1S/C57H106O6/c1-4-7-10-13-16-19-22-25-27-28-30-32-35-38-41-44-47-50-56(59)62-53-54(52-61-55(58)49-46-43-40-37-34-31-24-21-18-15-12-9-6-3)63-57(60)51-48-45-42-39-36-33-29-26-23-20-17-14-11-8-5-2/h21,24,26,29,54H,4-20,22-23,25,27-28,30-53H2,1-3H3/b24-21-,29-26-/t54-/m0/s1. The van der Waals surface area contributed by atoms with E-state index in [0.717, 1.165) is 70.6 Å². The molecule has 0 aliphatic heterocycles. The smallest absolute Gasteiger partial charge is 0.306 e. The van der Waals surface area contributed by atoms with E-state index in [0.29, 0.717) is 19.3 Å². The molecule has 0 aromatic heterocycles. The maximum atomic E-state index is 12.8. The van der Waals surface area contributed by atoms with Gasteiger partial charge in [-0.15, -0.1) is 0 Å². The lowest BCUT2D eigenvalue weighted by Crippen LogP contribution is -2.30. The monoisotopic (exact) mass is 887 g/mol. The average Bonchev–Trinajstić information content (AvgIpc) is 3.28. The SMILES string of the molecule is CCCCCC/C=C\CCCCCCCC(=O)OC[C@@H](COC(=O)CCCCCCCCCCCCCCCCCCC)OC(=O)CCCCCCC/C=C\CCCCCCCC. The summed E-state index contributed by atoms with van der Waals surface area (Å²) in [5, 5.41) is 0. The van der Waals surface area contributed by atoms with E-state index in [1.807, 2.05) is 0 Å². The quantitative estimate of drug-likeness (QED) is 0.0262. The maximum absolute atomic E-state index is 12.8. The minimum atomic E-state index is -0.774. The lowest BCUT2D eigenvalue weighted by molar-refractivity contribution is -0.167. The lowest BCUT2D eigenvalue weighted by atomic mass is 10.0. The van der Waals surface area contributed by atoms with E-state index in [-0.39, 0.29) is 31.1 Å². The van der Waals surface area contributed by atoms with Gasteiger partial charge in [-0.2, -0.15) is 0 Å². The van der Waals surface area contributed by atoms with Crippen molar-refractivity contribution < 1.29 is 28.6 Å². The van der Waals surface area contributed by atoms with Crippen molar-refractivity contribution in [3.8, 4) is 0 Å². The molecule has 0 fully saturated rings. The summed E-state index contributed by atoms with van der Waals surface area (Å²) in [5.41, 5.74) is 0. The largest absolute Gasteiger partial charge is 0.462 e. The molecule has 0 spiro atoms. The summed E-state index contributed by atoms with van der Waals surface area (Å²) in [5.74, 6) is -0.874. The van der Waals surface area contributed by atoms with Gasteiger partial charge in [0, 0.05) is 19.3 Å². The van der Waals surface area contributed by atoms with Gasteiger partial charge < -0.3 is 14.2 Å². The zero-order valence-electron chi connectivity index (χ0n) is 42.4. The van der Waals surface area contributed by atoms with E-state index < -0.39 is 6.10 Å². The Hall–Kier alpha value is -2.11. The number of hydrogen-bond donors (Lipinski definition) is 0. The number of carbonyl (C=O) groups is 3. The van der Waals surface area contributed by atoms with Gasteiger partial charge >= 0.3 is 17.9 Å². The third-order valence-corrected chi connectivity index (χ3v) is 12.4. The van der Waals surface area contributed by atoms with Crippen LogP contribution in [0.3, 0.4) is 0 Å². The molecule has 0 aromatic rings. The van der Waals surface area contributed by atoms with Crippen LogP contribution in [-0.2, 0) is 28.6 Å². The molecule has 1 atom stereocenters. The molecule has 6 nitrogen and oxygen atoms in total. The second-order valence-electron chi connectivity index (χ2n) is 18.8. The molecule has 0 bridgehead atoms. The molecule has 0 rings (SSSR count). The van der Waals surface area contributed by atoms with Crippen molar-refractivity contribution in [2.75, 3.05) is 13.2 Å². The van der Waals surface area contributed by atoms with Crippen LogP contribution in [0.25, 0.3) is 0 Å². The number of allylic oxidation sites excluding steroid dienone is 4. The maximum Gasteiger partial charge on any atom is 0.306 e. The highest BCUT2D eigenvalue weighted by atomic mass is 16.6. The van der Waals surface area contributed by atoms with Gasteiger partial charge in [0.1, 0.15) is 13.2 Å². The summed E-state index contributed by atoms with van der Waals surface area (Å²) in [6.07, 6.45) is 60.2. The summed E-state index contributed by atoms with van der Waals surface area (Å²) in [7, 11) is 0. The summed E-state index contributed by atoms with van der Waals surface area (Å²) < 4.78 is 16.8. The zero-order chi connectivity index (χ0) is 45.8. The summed E-state index contributed by atoms with van der Waals surface area (Å²) >= 11 is 0. The van der Waals surface area contributed by atoms with E-state index in [4.69, 9.17) is 14.2 Å². The first-order valence-electron chi connectivity index (χ1n) is 27.8. The van der Waals surface area contributed by atoms with Gasteiger partial charge in [-0.1, -0.05) is 238 Å². The fourth-order valence-electron chi connectivity index (χ4n) is 8.20. The highest BCUT2D eigenvalue weighted by Gasteiger charge is 2.19. The lowest BCUT2D eigenvalue weighted by Gasteiger charge is -2.18. The van der Waals surface area contributed by atoms with Crippen molar-refractivity contribution in [3.63, 3.8) is 0 Å². The van der Waals surface area contributed by atoms with Crippen molar-refractivity contribution in [1.29, 1.82) is 0 Å². The van der Waals surface area contributed by atoms with E-state index in [1.54, 1.807) is 0 Å². The molecule has 0 N–H and O–H groups in total. The predicted octanol–water partition coefficient (Wildman–Crippen LogP) is 18.3. The Balaban J connectivity index is 4.34. The van der Waals surface area contributed by atoms with E-state index >= 15 is 0 Å². The van der Waals surface area contributed by atoms with Gasteiger partial charge in [-0.25, -0.2) is 0 Å². The van der Waals surface area contributed by atoms with Crippen molar-refractivity contribution in [3.05, 3.63) is 24.3 Å². The molecule has 0 aromatic carbocycles. The van der Waals surface area contributed by atoms with E-state index in [2.05, 4.69) is 45.1 Å². The number of unbranched alkanes of at least 4 members (excludes halogenated alkanes) is 36. The van der Waals surface area contributed by atoms with Crippen LogP contribution in [0.5, 0.6) is 0 Å². The first kappa shape index (κ1) is 60.9. The van der Waals surface area contributed by atoms with Crippen LogP contribution >= 0.6 is 0 Å². The van der Waals surface area contributed by atoms with Gasteiger partial charge in [0.05, 0.1) is 0 Å². The fraction of sp³-hybridized carbons (Fsp3) is 0.877. The highest BCUT2D eigenvalue weighted by Crippen LogP contribution is 2.16. The first-order valence-corrected chi connectivity index (χ1v) is 27.8. The van der Waals surface area contributed by atoms with E-state index in [9.17, 15) is 14.4 Å². The van der Waals surface area contributed by atoms with Gasteiger partial charge in [-0.05, 0) is 70.6 Å². The number of carbonyl (C=O) groups excluding carboxylic acids is 3. The van der Waals surface area contributed by atoms with Crippen molar-refractivity contribution in [2.45, 2.75) is 309 Å². The summed E-state index contributed by atoms with van der Waals surface area (Å²) in [4.78, 5) is 38.0. The van der Waals surface area contributed by atoms with Crippen LogP contribution in [0, 0.1) is 0 Å². The number of rotatable bonds is 51. The third kappa shape index (κ3) is 50.7. The molecule has 0 amide bonds. The normalized spacial score (nSPS) is 12.1. The van der Waals surface area contributed by atoms with Crippen molar-refractivity contribution in [2.24, 2.45) is 0 Å². The Kier molecular flexibility index (Phi) is 50.8. The van der Waals surface area contributed by atoms with Crippen LogP contribution in [0.15, 0.2) is 24.3 Å². The van der Waals surface area contributed by atoms with Crippen molar-refractivity contribution in [1.82, 2.24) is 0 Å². The first-order chi connectivity index (χ1) is 31.0. The van der Waals surface area contributed by atoms with Gasteiger partial charge in [0.2, 0.25) is 0 Å². The zero-order valence-corrected chi connectivity index (χ0v) is 42.4. The minimum Gasteiger partial charge on any atom is -0.462 e. The third-order valence-electron chi connectivity index (χ3n) is 12.4. The average molecular weight is 887 g/mol. The Morgan fingerprint density at radius 3 is 0.810 bits per heavy atom. The molecule has 6 heteroatoms. The van der Waals surface area contributed by atoms with Crippen LogP contribution in [0.1, 0.15) is 303 Å². The molecule has 63 heavy (non-hydrogen) atoms. The second kappa shape index (κ2) is 52.5. The van der Waals surface area contributed by atoms with Gasteiger partial charge in [-0.3, -0.25) is 14.4 Å². The molecule has 0 saturated heterocycles. The molecule has 0 aliphatic rings. The molecule has 0 aliphatic carbocycles. The highest BCUT2D eigenvalue weighted by molar-refractivity contribution is 5.71. The molecule has 0 unspecified atom stereocenters. The topological polar surface area (TPSA) is 78.9 Å². The number of esters is 3. The fourth-order valence-corrected chi connectivity index (χ4v) is 8.20. The molecular formula is C57H106O6. The molecule has 0 radical (unpaired) electrons. The summed E-state index contributed by atoms with van der Waals surface area (Å²) in [6, 6.07) is 0. The van der Waals surface area contributed by atoms with Gasteiger partial charge in [0.15, 0.2) is 6.10 Å². The number of hydrogen-bond acceptors (Lipinski definition) is 6. The van der Waals surface area contributed by atoms with Gasteiger partial charge in [0.25, 0.3) is 0 Å². The Morgan fingerprint density at radius 1 is 0.302 bits per heavy atom. The summed E-state index contributed by atoms with van der Waals surface area (Å²) in [6.45, 7) is 6.64.